The number of nitrogens with zero attached hydrogens (tertiary/aromatic N) is 4. The summed E-state index contributed by atoms with van der Waals surface area (Å²) in [5.74, 6) is 0.469. The molecule has 2 N–H and O–H groups in total. The molecule has 140 valence electrons. The molecule has 3 heterocycles. The van der Waals surface area contributed by atoms with Gasteiger partial charge < -0.3 is 15.2 Å². The van der Waals surface area contributed by atoms with Gasteiger partial charge in [-0.2, -0.15) is 0 Å². The van der Waals surface area contributed by atoms with Crippen LogP contribution in [0.4, 0.5) is 10.2 Å². The predicted molar refractivity (Wildman–Crippen MR) is 99.7 cm³/mol. The number of halogens is 1. The van der Waals surface area contributed by atoms with Crippen LogP contribution in [0.3, 0.4) is 0 Å². The van der Waals surface area contributed by atoms with E-state index in [0.717, 1.165) is 36.3 Å². The number of hydrogen-bond acceptors (Lipinski definition) is 5. The smallest absolute Gasteiger partial charge is 0.224 e. The second-order valence-corrected chi connectivity index (χ2v) is 6.75. The van der Waals surface area contributed by atoms with Gasteiger partial charge in [-0.3, -0.25) is 4.79 Å². The van der Waals surface area contributed by atoms with Gasteiger partial charge in [0.1, 0.15) is 17.7 Å². The molecular formula is C19H21FN6O. The fraction of sp³-hybridized carbons (Fsp3) is 0.368. The third-order valence-electron chi connectivity index (χ3n) is 4.90. The third kappa shape index (κ3) is 3.89. The van der Waals surface area contributed by atoms with Crippen LogP contribution in [-0.4, -0.2) is 45.5 Å². The molecule has 1 aliphatic rings. The number of aromatic nitrogens is 4. The Hall–Kier alpha value is -3.03. The van der Waals surface area contributed by atoms with Gasteiger partial charge in [-0.25, -0.2) is 19.3 Å². The van der Waals surface area contributed by atoms with Crippen molar-refractivity contribution in [2.45, 2.75) is 19.3 Å². The molecule has 0 aliphatic carbocycles. The molecule has 27 heavy (non-hydrogen) atoms. The van der Waals surface area contributed by atoms with E-state index < -0.39 is 0 Å². The maximum atomic E-state index is 13.2. The Labute approximate surface area is 156 Å². The van der Waals surface area contributed by atoms with Gasteiger partial charge in [0.25, 0.3) is 0 Å². The van der Waals surface area contributed by atoms with Crippen molar-refractivity contribution in [3.05, 3.63) is 48.3 Å². The number of carbonyl (C=O) groups is 1. The van der Waals surface area contributed by atoms with E-state index in [0.29, 0.717) is 25.2 Å². The highest BCUT2D eigenvalue weighted by Gasteiger charge is 2.27. The summed E-state index contributed by atoms with van der Waals surface area (Å²) in [4.78, 5) is 30.5. The van der Waals surface area contributed by atoms with E-state index in [1.54, 1.807) is 12.4 Å². The zero-order valence-electron chi connectivity index (χ0n) is 14.9. The van der Waals surface area contributed by atoms with Gasteiger partial charge in [-0.05, 0) is 37.0 Å². The summed E-state index contributed by atoms with van der Waals surface area (Å²) in [7, 11) is 0. The molecule has 1 atom stereocenters. The average molecular weight is 368 g/mol. The van der Waals surface area contributed by atoms with E-state index in [4.69, 9.17) is 0 Å². The Balaban J connectivity index is 1.36. The molecule has 4 rings (SSSR count). The molecule has 1 aromatic carbocycles. The summed E-state index contributed by atoms with van der Waals surface area (Å²) in [5, 5.41) is 2.98. The van der Waals surface area contributed by atoms with Crippen LogP contribution in [-0.2, 0) is 11.2 Å². The van der Waals surface area contributed by atoms with Gasteiger partial charge in [0.2, 0.25) is 5.91 Å². The molecular weight excluding hydrogens is 347 g/mol. The molecule has 0 bridgehead atoms. The van der Waals surface area contributed by atoms with Crippen molar-refractivity contribution in [2.24, 2.45) is 5.92 Å². The zero-order chi connectivity index (χ0) is 18.6. The molecule has 2 aromatic heterocycles. The van der Waals surface area contributed by atoms with E-state index in [9.17, 15) is 9.18 Å². The molecule has 0 unspecified atom stereocenters. The van der Waals surface area contributed by atoms with Crippen molar-refractivity contribution in [2.75, 3.05) is 24.5 Å². The number of nitrogens with one attached hydrogen (secondary N) is 2. The molecule has 7 nitrogen and oxygen atoms in total. The number of piperidine rings is 1. The Morgan fingerprint density at radius 1 is 1.33 bits per heavy atom. The first-order valence-corrected chi connectivity index (χ1v) is 9.12. The lowest BCUT2D eigenvalue weighted by Crippen LogP contribution is -2.43. The number of carbonyl (C=O) groups excluding carboxylic acids is 1. The van der Waals surface area contributed by atoms with Crippen molar-refractivity contribution in [3.63, 3.8) is 0 Å². The molecule has 0 radical (unpaired) electrons. The van der Waals surface area contributed by atoms with E-state index in [1.165, 1.54) is 18.5 Å². The number of anilines is 1. The minimum atomic E-state index is -0.253. The predicted octanol–water partition coefficient (Wildman–Crippen LogP) is 2.07. The minimum absolute atomic E-state index is 0.0333. The molecule has 1 aliphatic heterocycles. The number of imidazole rings is 1. The number of H-pyrrole nitrogens is 1. The van der Waals surface area contributed by atoms with Gasteiger partial charge in [0.15, 0.2) is 11.5 Å². The van der Waals surface area contributed by atoms with Crippen LogP contribution in [0.1, 0.15) is 18.4 Å². The first-order valence-electron chi connectivity index (χ1n) is 9.12. The topological polar surface area (TPSA) is 86.8 Å². The lowest BCUT2D eigenvalue weighted by Gasteiger charge is -2.32. The molecule has 3 aromatic rings. The summed E-state index contributed by atoms with van der Waals surface area (Å²) in [6, 6.07) is 6.47. The SMILES string of the molecule is O=C(NCCc1cccc(F)c1)[C@H]1CCCN(c2ncnc3nc[nH]c23)C1. The van der Waals surface area contributed by atoms with Crippen LogP contribution in [0.15, 0.2) is 36.9 Å². The van der Waals surface area contributed by atoms with Gasteiger partial charge in [0, 0.05) is 19.6 Å². The summed E-state index contributed by atoms with van der Waals surface area (Å²) in [6.45, 7) is 1.95. The Kier molecular flexibility index (Phi) is 4.95. The van der Waals surface area contributed by atoms with Crippen LogP contribution in [0.25, 0.3) is 11.2 Å². The molecule has 0 saturated carbocycles. The van der Waals surface area contributed by atoms with Crippen molar-refractivity contribution in [3.8, 4) is 0 Å². The van der Waals surface area contributed by atoms with E-state index in [1.807, 2.05) is 6.07 Å². The quantitative estimate of drug-likeness (QED) is 0.720. The number of aromatic amines is 1. The highest BCUT2D eigenvalue weighted by atomic mass is 19.1. The highest BCUT2D eigenvalue weighted by molar-refractivity contribution is 5.84. The van der Waals surface area contributed by atoms with E-state index in [2.05, 4.69) is 30.2 Å². The molecule has 1 amide bonds. The van der Waals surface area contributed by atoms with E-state index >= 15 is 0 Å². The molecule has 1 fully saturated rings. The molecule has 0 spiro atoms. The standard InChI is InChI=1S/C19H21FN6O/c20-15-5-1-3-13(9-15)6-7-21-19(27)14-4-2-8-26(10-14)18-16-17(23-11-22-16)24-12-25-18/h1,3,5,9,11-12,14H,2,4,6-8,10H2,(H,21,27)(H,22,23,24,25)/t14-/m0/s1. The highest BCUT2D eigenvalue weighted by Crippen LogP contribution is 2.25. The number of benzene rings is 1. The largest absolute Gasteiger partial charge is 0.355 e. The lowest BCUT2D eigenvalue weighted by molar-refractivity contribution is -0.125. The maximum absolute atomic E-state index is 13.2. The number of rotatable bonds is 5. The number of hydrogen-bond donors (Lipinski definition) is 2. The van der Waals surface area contributed by atoms with E-state index in [-0.39, 0.29) is 17.6 Å². The van der Waals surface area contributed by atoms with Gasteiger partial charge in [0.05, 0.1) is 12.2 Å². The van der Waals surface area contributed by atoms with Crippen LogP contribution >= 0.6 is 0 Å². The first kappa shape index (κ1) is 17.4. The second-order valence-electron chi connectivity index (χ2n) is 6.75. The van der Waals surface area contributed by atoms with Gasteiger partial charge >= 0.3 is 0 Å². The number of fused-ring (bicyclic) bond motifs is 1. The zero-order valence-corrected chi connectivity index (χ0v) is 14.9. The summed E-state index contributed by atoms with van der Waals surface area (Å²) >= 11 is 0. The van der Waals surface area contributed by atoms with Crippen molar-refractivity contribution < 1.29 is 9.18 Å². The van der Waals surface area contributed by atoms with Crippen molar-refractivity contribution in [1.82, 2.24) is 25.3 Å². The Bertz CT molecular complexity index is 943. The Morgan fingerprint density at radius 3 is 3.15 bits per heavy atom. The van der Waals surface area contributed by atoms with Gasteiger partial charge in [-0.15, -0.1) is 0 Å². The minimum Gasteiger partial charge on any atom is -0.355 e. The van der Waals surface area contributed by atoms with Crippen molar-refractivity contribution >= 4 is 22.9 Å². The van der Waals surface area contributed by atoms with Crippen LogP contribution in [0.2, 0.25) is 0 Å². The number of amides is 1. The molecule has 1 saturated heterocycles. The summed E-state index contributed by atoms with van der Waals surface area (Å²) in [6.07, 6.45) is 5.48. The van der Waals surface area contributed by atoms with Crippen molar-refractivity contribution in [1.29, 1.82) is 0 Å². The fourth-order valence-electron chi connectivity index (χ4n) is 3.54. The maximum Gasteiger partial charge on any atom is 0.224 e. The molecule has 8 heteroatoms. The lowest BCUT2D eigenvalue weighted by atomic mass is 9.97. The summed E-state index contributed by atoms with van der Waals surface area (Å²) < 4.78 is 13.2. The monoisotopic (exact) mass is 368 g/mol. The Morgan fingerprint density at radius 2 is 2.26 bits per heavy atom. The first-order chi connectivity index (χ1) is 13.2. The average Bonchev–Trinajstić information content (AvgIpc) is 3.17. The van der Waals surface area contributed by atoms with Crippen LogP contribution in [0.5, 0.6) is 0 Å². The normalized spacial score (nSPS) is 17.2. The van der Waals surface area contributed by atoms with Crippen LogP contribution in [0, 0.1) is 11.7 Å². The van der Waals surface area contributed by atoms with Gasteiger partial charge in [-0.1, -0.05) is 12.1 Å². The third-order valence-corrected chi connectivity index (χ3v) is 4.90. The second kappa shape index (κ2) is 7.69. The van der Waals surface area contributed by atoms with Crippen LogP contribution < -0.4 is 10.2 Å². The fourth-order valence-corrected chi connectivity index (χ4v) is 3.54. The summed E-state index contributed by atoms with van der Waals surface area (Å²) in [5.41, 5.74) is 2.30.